The largest absolute Gasteiger partial charge is 0.480 e. The van der Waals surface area contributed by atoms with Gasteiger partial charge in [0.1, 0.15) is 12.6 Å². The fraction of sp³-hybridized carbons (Fsp3) is 0.471. The van der Waals surface area contributed by atoms with Gasteiger partial charge in [-0.2, -0.15) is 0 Å². The standard InChI is InChI=1S/C17H22N2O4S/c1-2-15(20)19-12-24-11-14(19)17(23)18(10-16(21)22)9-8-13-6-4-3-5-7-13/h3-7,14H,2,8-12H2,1H3,(H,21,22). The summed E-state index contributed by atoms with van der Waals surface area (Å²) in [5, 5.41) is 9.11. The van der Waals surface area contributed by atoms with Gasteiger partial charge in [-0.1, -0.05) is 37.3 Å². The summed E-state index contributed by atoms with van der Waals surface area (Å²) in [6.45, 7) is 1.74. The molecule has 1 fully saturated rings. The van der Waals surface area contributed by atoms with Crippen LogP contribution in [0.3, 0.4) is 0 Å². The van der Waals surface area contributed by atoms with E-state index in [9.17, 15) is 14.4 Å². The third-order valence-corrected chi connectivity index (χ3v) is 4.95. The summed E-state index contributed by atoms with van der Waals surface area (Å²) >= 11 is 1.52. The molecule has 6 nitrogen and oxygen atoms in total. The SMILES string of the molecule is CCC(=O)N1CSCC1C(=O)N(CCc1ccccc1)CC(=O)O. The molecule has 1 heterocycles. The molecule has 0 aliphatic carbocycles. The van der Waals surface area contributed by atoms with E-state index >= 15 is 0 Å². The number of hydrogen-bond acceptors (Lipinski definition) is 4. The van der Waals surface area contributed by atoms with Crippen LogP contribution in [0.2, 0.25) is 0 Å². The van der Waals surface area contributed by atoms with E-state index in [-0.39, 0.29) is 18.4 Å². The maximum Gasteiger partial charge on any atom is 0.323 e. The first-order valence-corrected chi connectivity index (χ1v) is 9.10. The van der Waals surface area contributed by atoms with Crippen LogP contribution in [0, 0.1) is 0 Å². The normalized spacial score (nSPS) is 16.9. The molecule has 1 atom stereocenters. The third-order valence-electron chi connectivity index (χ3n) is 3.94. The zero-order chi connectivity index (χ0) is 17.5. The lowest BCUT2D eigenvalue weighted by Gasteiger charge is -2.28. The zero-order valence-corrected chi connectivity index (χ0v) is 14.5. The molecule has 130 valence electrons. The molecule has 1 aromatic carbocycles. The molecule has 2 amide bonds. The summed E-state index contributed by atoms with van der Waals surface area (Å²) in [4.78, 5) is 38.8. The lowest BCUT2D eigenvalue weighted by atomic mass is 10.1. The van der Waals surface area contributed by atoms with Crippen molar-refractivity contribution in [1.82, 2.24) is 9.80 Å². The Morgan fingerprint density at radius 2 is 2.00 bits per heavy atom. The molecular formula is C17H22N2O4S. The minimum Gasteiger partial charge on any atom is -0.480 e. The van der Waals surface area contributed by atoms with Crippen molar-refractivity contribution in [3.8, 4) is 0 Å². The molecule has 1 unspecified atom stereocenters. The van der Waals surface area contributed by atoms with E-state index in [1.54, 1.807) is 11.8 Å². The molecule has 0 radical (unpaired) electrons. The molecule has 7 heteroatoms. The summed E-state index contributed by atoms with van der Waals surface area (Å²) in [6.07, 6.45) is 0.925. The molecule has 0 spiro atoms. The van der Waals surface area contributed by atoms with Gasteiger partial charge in [-0.25, -0.2) is 0 Å². The van der Waals surface area contributed by atoms with Crippen molar-refractivity contribution in [3.05, 3.63) is 35.9 Å². The maximum absolute atomic E-state index is 12.8. The molecule has 2 rings (SSSR count). The molecule has 1 aliphatic rings. The second kappa shape index (κ2) is 8.73. The number of benzene rings is 1. The van der Waals surface area contributed by atoms with E-state index in [1.807, 2.05) is 30.3 Å². The van der Waals surface area contributed by atoms with Crippen molar-refractivity contribution in [3.63, 3.8) is 0 Å². The van der Waals surface area contributed by atoms with Crippen LogP contribution in [0.25, 0.3) is 0 Å². The van der Waals surface area contributed by atoms with Gasteiger partial charge in [0, 0.05) is 18.7 Å². The molecule has 1 aliphatic heterocycles. The van der Waals surface area contributed by atoms with Crippen LogP contribution in [0.15, 0.2) is 30.3 Å². The van der Waals surface area contributed by atoms with Crippen LogP contribution in [0.5, 0.6) is 0 Å². The number of hydrogen-bond donors (Lipinski definition) is 1. The zero-order valence-electron chi connectivity index (χ0n) is 13.7. The Morgan fingerprint density at radius 1 is 1.29 bits per heavy atom. The van der Waals surface area contributed by atoms with Crippen molar-refractivity contribution in [1.29, 1.82) is 0 Å². The van der Waals surface area contributed by atoms with Crippen molar-refractivity contribution >= 4 is 29.5 Å². The lowest BCUT2D eigenvalue weighted by molar-refractivity contribution is -0.148. The number of aliphatic carboxylic acids is 1. The summed E-state index contributed by atoms with van der Waals surface area (Å²) in [7, 11) is 0. The quantitative estimate of drug-likeness (QED) is 0.805. The Kier molecular flexibility index (Phi) is 6.66. The molecule has 0 aromatic heterocycles. The van der Waals surface area contributed by atoms with Gasteiger partial charge in [0.2, 0.25) is 11.8 Å². The van der Waals surface area contributed by atoms with Crippen molar-refractivity contribution in [2.75, 3.05) is 24.7 Å². The molecule has 0 bridgehead atoms. The van der Waals surface area contributed by atoms with Crippen LogP contribution in [0.4, 0.5) is 0 Å². The molecule has 0 saturated carbocycles. The number of carboxylic acid groups (broad SMARTS) is 1. The average Bonchev–Trinajstić information content (AvgIpc) is 3.07. The van der Waals surface area contributed by atoms with Gasteiger partial charge in [0.25, 0.3) is 0 Å². The topological polar surface area (TPSA) is 77.9 Å². The number of rotatable bonds is 7. The molecule has 1 aromatic rings. The predicted octanol–water partition coefficient (Wildman–Crippen LogP) is 1.45. The van der Waals surface area contributed by atoms with Gasteiger partial charge in [0.05, 0.1) is 5.88 Å². The molecule has 1 N–H and O–H groups in total. The van der Waals surface area contributed by atoms with Crippen LogP contribution in [0.1, 0.15) is 18.9 Å². The van der Waals surface area contributed by atoms with Gasteiger partial charge in [-0.3, -0.25) is 14.4 Å². The Morgan fingerprint density at radius 3 is 2.62 bits per heavy atom. The van der Waals surface area contributed by atoms with Crippen LogP contribution < -0.4 is 0 Å². The highest BCUT2D eigenvalue weighted by atomic mass is 32.2. The fourth-order valence-corrected chi connectivity index (χ4v) is 3.82. The monoisotopic (exact) mass is 350 g/mol. The number of thioether (sulfide) groups is 1. The van der Waals surface area contributed by atoms with Crippen LogP contribution >= 0.6 is 11.8 Å². The van der Waals surface area contributed by atoms with Crippen molar-refractivity contribution < 1.29 is 19.5 Å². The second-order valence-electron chi connectivity index (χ2n) is 5.62. The van der Waals surface area contributed by atoms with Crippen LogP contribution in [-0.4, -0.2) is 63.5 Å². The average molecular weight is 350 g/mol. The highest BCUT2D eigenvalue weighted by Gasteiger charge is 2.36. The van der Waals surface area contributed by atoms with Crippen molar-refractivity contribution in [2.24, 2.45) is 0 Å². The third kappa shape index (κ3) is 4.74. The highest BCUT2D eigenvalue weighted by Crippen LogP contribution is 2.23. The Hall–Kier alpha value is -2.02. The van der Waals surface area contributed by atoms with Crippen molar-refractivity contribution in [2.45, 2.75) is 25.8 Å². The molecular weight excluding hydrogens is 328 g/mol. The maximum atomic E-state index is 12.8. The first-order chi connectivity index (χ1) is 11.5. The number of amides is 2. The second-order valence-corrected chi connectivity index (χ2v) is 6.62. The van der Waals surface area contributed by atoms with Gasteiger partial charge in [-0.15, -0.1) is 11.8 Å². The number of carbonyl (C=O) groups is 3. The van der Waals surface area contributed by atoms with E-state index < -0.39 is 12.0 Å². The van der Waals surface area contributed by atoms with E-state index in [0.29, 0.717) is 31.0 Å². The number of carbonyl (C=O) groups excluding carboxylic acids is 2. The Bertz CT molecular complexity index is 594. The van der Waals surface area contributed by atoms with E-state index in [1.165, 1.54) is 16.7 Å². The van der Waals surface area contributed by atoms with E-state index in [2.05, 4.69) is 0 Å². The summed E-state index contributed by atoms with van der Waals surface area (Å²) in [5.74, 6) is -0.387. The van der Waals surface area contributed by atoms with E-state index in [0.717, 1.165) is 5.56 Å². The molecule has 1 saturated heterocycles. The Labute approximate surface area is 145 Å². The van der Waals surface area contributed by atoms with Gasteiger partial charge < -0.3 is 14.9 Å². The van der Waals surface area contributed by atoms with Gasteiger partial charge in [-0.05, 0) is 12.0 Å². The first-order valence-electron chi connectivity index (χ1n) is 7.94. The Balaban J connectivity index is 2.07. The van der Waals surface area contributed by atoms with Crippen LogP contribution in [-0.2, 0) is 20.8 Å². The number of nitrogens with zero attached hydrogens (tertiary/aromatic N) is 2. The molecule has 24 heavy (non-hydrogen) atoms. The minimum atomic E-state index is -1.05. The highest BCUT2D eigenvalue weighted by molar-refractivity contribution is 7.99. The number of carboxylic acids is 1. The predicted molar refractivity (Wildman–Crippen MR) is 92.6 cm³/mol. The summed E-state index contributed by atoms with van der Waals surface area (Å²) < 4.78 is 0. The first kappa shape index (κ1) is 18.3. The smallest absolute Gasteiger partial charge is 0.323 e. The van der Waals surface area contributed by atoms with Gasteiger partial charge in [0.15, 0.2) is 0 Å². The summed E-state index contributed by atoms with van der Waals surface area (Å²) in [5.41, 5.74) is 1.04. The van der Waals surface area contributed by atoms with E-state index in [4.69, 9.17) is 5.11 Å². The fourth-order valence-electron chi connectivity index (χ4n) is 2.65. The minimum absolute atomic E-state index is 0.0725. The summed E-state index contributed by atoms with van der Waals surface area (Å²) in [6, 6.07) is 9.07. The lowest BCUT2D eigenvalue weighted by Crippen LogP contribution is -2.50. The van der Waals surface area contributed by atoms with Gasteiger partial charge >= 0.3 is 5.97 Å².